The second-order valence-corrected chi connectivity index (χ2v) is 6.66. The summed E-state index contributed by atoms with van der Waals surface area (Å²) in [7, 11) is 0. The second-order valence-electron chi connectivity index (χ2n) is 4.63. The van der Waals surface area contributed by atoms with Crippen molar-refractivity contribution < 1.29 is 9.18 Å². The quantitative estimate of drug-likeness (QED) is 0.680. The first-order chi connectivity index (χ1) is 8.50. The van der Waals surface area contributed by atoms with E-state index in [2.05, 4.69) is 38.8 Å². The Morgan fingerprint density at radius 2 is 2.22 bits per heavy atom. The number of likely N-dealkylation sites (tertiary alicyclic amines) is 1. The molecule has 1 aliphatic rings. The molecule has 1 aromatic carbocycles. The van der Waals surface area contributed by atoms with Gasteiger partial charge < -0.3 is 4.90 Å². The third-order valence-electron chi connectivity index (χ3n) is 3.27. The average molecular weight is 379 g/mol. The first kappa shape index (κ1) is 14.0. The van der Waals surface area contributed by atoms with Gasteiger partial charge in [0.15, 0.2) is 0 Å². The van der Waals surface area contributed by atoms with Gasteiger partial charge in [-0.25, -0.2) is 4.39 Å². The maximum atomic E-state index is 13.9. The van der Waals surface area contributed by atoms with E-state index >= 15 is 0 Å². The molecule has 1 fully saturated rings. The van der Waals surface area contributed by atoms with Crippen LogP contribution in [0.4, 0.5) is 4.39 Å². The van der Waals surface area contributed by atoms with E-state index in [-0.39, 0.29) is 11.5 Å². The number of nitrogens with zero attached hydrogens (tertiary/aromatic N) is 1. The summed E-state index contributed by atoms with van der Waals surface area (Å²) in [5.74, 6) is -0.311. The molecule has 1 heterocycles. The number of hydrogen-bond donors (Lipinski definition) is 0. The van der Waals surface area contributed by atoms with Gasteiger partial charge >= 0.3 is 0 Å². The lowest BCUT2D eigenvalue weighted by atomic mass is 9.99. The maximum absolute atomic E-state index is 13.9. The minimum absolute atomic E-state index is 0.143. The lowest BCUT2D eigenvalue weighted by molar-refractivity contribution is 0.0685. The lowest BCUT2D eigenvalue weighted by Crippen LogP contribution is -2.43. The summed E-state index contributed by atoms with van der Waals surface area (Å²) in [5, 5.41) is 0. The molecule has 0 spiro atoms. The number of halogens is 3. The summed E-state index contributed by atoms with van der Waals surface area (Å²) in [6.45, 7) is 3.43. The predicted octanol–water partition coefficient (Wildman–Crippen LogP) is 3.83. The average Bonchev–Trinajstić information content (AvgIpc) is 2.35. The highest BCUT2D eigenvalue weighted by molar-refractivity contribution is 9.10. The second kappa shape index (κ2) is 5.70. The summed E-state index contributed by atoms with van der Waals surface area (Å²) < 4.78 is 14.2. The zero-order chi connectivity index (χ0) is 13.3. The number of carbonyl (C=O) groups excluding carboxylic acids is 1. The Labute approximate surface area is 123 Å². The van der Waals surface area contributed by atoms with Crippen LogP contribution in [0.2, 0.25) is 0 Å². The van der Waals surface area contributed by atoms with Crippen LogP contribution in [0.1, 0.15) is 23.7 Å². The molecule has 2 nitrogen and oxygen atoms in total. The molecular formula is C13H14Br2FNO. The van der Waals surface area contributed by atoms with Crippen LogP contribution < -0.4 is 0 Å². The van der Waals surface area contributed by atoms with Gasteiger partial charge in [0, 0.05) is 17.9 Å². The largest absolute Gasteiger partial charge is 0.338 e. The summed E-state index contributed by atoms with van der Waals surface area (Å²) >= 11 is 6.70. The first-order valence-corrected chi connectivity index (χ1v) is 7.59. The molecule has 0 aromatic heterocycles. The van der Waals surface area contributed by atoms with Gasteiger partial charge in [-0.1, -0.05) is 28.9 Å². The summed E-state index contributed by atoms with van der Waals surface area (Å²) in [4.78, 5) is 14.4. The van der Waals surface area contributed by atoms with Crippen LogP contribution in [0.5, 0.6) is 0 Å². The lowest BCUT2D eigenvalue weighted by Gasteiger charge is -2.34. The molecule has 2 rings (SSSR count). The molecule has 1 aliphatic heterocycles. The van der Waals surface area contributed by atoms with Crippen molar-refractivity contribution in [1.82, 2.24) is 4.90 Å². The predicted molar refractivity (Wildman–Crippen MR) is 76.5 cm³/mol. The van der Waals surface area contributed by atoms with Gasteiger partial charge in [0.25, 0.3) is 5.91 Å². The van der Waals surface area contributed by atoms with Gasteiger partial charge in [0.1, 0.15) is 5.82 Å². The molecule has 18 heavy (non-hydrogen) atoms. The van der Waals surface area contributed by atoms with Gasteiger partial charge in [-0.2, -0.15) is 0 Å². The minimum Gasteiger partial charge on any atom is -0.338 e. The Kier molecular flexibility index (Phi) is 4.43. The molecule has 1 saturated heterocycles. The van der Waals surface area contributed by atoms with E-state index in [0.29, 0.717) is 28.3 Å². The SMILES string of the molecule is CC1CN(C(=O)c2cccc(Br)c2F)CCC1Br. The first-order valence-electron chi connectivity index (χ1n) is 5.88. The van der Waals surface area contributed by atoms with E-state index < -0.39 is 5.82 Å². The van der Waals surface area contributed by atoms with Gasteiger partial charge in [-0.15, -0.1) is 0 Å². The van der Waals surface area contributed by atoms with Crippen molar-refractivity contribution in [2.24, 2.45) is 5.92 Å². The molecule has 5 heteroatoms. The van der Waals surface area contributed by atoms with Gasteiger partial charge in [-0.3, -0.25) is 4.79 Å². The van der Waals surface area contributed by atoms with Crippen LogP contribution in [0.15, 0.2) is 22.7 Å². The topological polar surface area (TPSA) is 20.3 Å². The number of alkyl halides is 1. The molecule has 2 atom stereocenters. The summed E-state index contributed by atoms with van der Waals surface area (Å²) in [5.41, 5.74) is 0.143. The van der Waals surface area contributed by atoms with Crippen molar-refractivity contribution >= 4 is 37.8 Å². The van der Waals surface area contributed by atoms with Crippen LogP contribution in [-0.2, 0) is 0 Å². The van der Waals surface area contributed by atoms with Crippen molar-refractivity contribution in [1.29, 1.82) is 0 Å². The Hall–Kier alpha value is -0.420. The fourth-order valence-electron chi connectivity index (χ4n) is 2.14. The molecule has 2 unspecified atom stereocenters. The molecule has 0 bridgehead atoms. The molecule has 0 saturated carbocycles. The van der Waals surface area contributed by atoms with Crippen molar-refractivity contribution in [2.45, 2.75) is 18.2 Å². The molecule has 0 radical (unpaired) electrons. The van der Waals surface area contributed by atoms with Crippen molar-refractivity contribution in [2.75, 3.05) is 13.1 Å². The molecule has 0 aliphatic carbocycles. The maximum Gasteiger partial charge on any atom is 0.256 e. The van der Waals surface area contributed by atoms with E-state index in [1.807, 2.05) is 0 Å². The summed E-state index contributed by atoms with van der Waals surface area (Å²) in [6, 6.07) is 4.81. The van der Waals surface area contributed by atoms with E-state index in [1.165, 1.54) is 6.07 Å². The number of benzene rings is 1. The van der Waals surface area contributed by atoms with Crippen LogP contribution in [-0.4, -0.2) is 28.7 Å². The number of rotatable bonds is 1. The van der Waals surface area contributed by atoms with E-state index in [0.717, 1.165) is 6.42 Å². The van der Waals surface area contributed by atoms with Gasteiger partial charge in [0.05, 0.1) is 10.0 Å². The zero-order valence-corrected chi connectivity index (χ0v) is 13.2. The fourth-order valence-corrected chi connectivity index (χ4v) is 2.88. The molecule has 1 aromatic rings. The standard InChI is InChI=1S/C13H14Br2FNO/c1-8-7-17(6-5-10(8)14)13(18)9-3-2-4-11(15)12(9)16/h2-4,8,10H,5-7H2,1H3. The Balaban J connectivity index is 2.19. The summed E-state index contributed by atoms with van der Waals surface area (Å²) in [6.07, 6.45) is 0.905. The van der Waals surface area contributed by atoms with Crippen molar-refractivity contribution in [3.05, 3.63) is 34.1 Å². The number of hydrogen-bond acceptors (Lipinski definition) is 1. The minimum atomic E-state index is -0.476. The van der Waals surface area contributed by atoms with Crippen molar-refractivity contribution in [3.8, 4) is 0 Å². The molecule has 98 valence electrons. The normalized spacial score (nSPS) is 24.1. The molecular weight excluding hydrogens is 365 g/mol. The highest BCUT2D eigenvalue weighted by Crippen LogP contribution is 2.26. The van der Waals surface area contributed by atoms with Gasteiger partial charge in [0.2, 0.25) is 0 Å². The van der Waals surface area contributed by atoms with Crippen LogP contribution >= 0.6 is 31.9 Å². The smallest absolute Gasteiger partial charge is 0.256 e. The van der Waals surface area contributed by atoms with Crippen LogP contribution in [0.3, 0.4) is 0 Å². The van der Waals surface area contributed by atoms with E-state index in [1.54, 1.807) is 17.0 Å². The number of amides is 1. The van der Waals surface area contributed by atoms with Gasteiger partial charge in [-0.05, 0) is 40.4 Å². The van der Waals surface area contributed by atoms with E-state index in [4.69, 9.17) is 0 Å². The fraction of sp³-hybridized carbons (Fsp3) is 0.462. The number of carbonyl (C=O) groups is 1. The third-order valence-corrected chi connectivity index (χ3v) is 5.24. The molecule has 1 amide bonds. The zero-order valence-electron chi connectivity index (χ0n) is 10.00. The Morgan fingerprint density at radius 1 is 1.50 bits per heavy atom. The third kappa shape index (κ3) is 2.77. The van der Waals surface area contributed by atoms with Crippen molar-refractivity contribution in [3.63, 3.8) is 0 Å². The highest BCUT2D eigenvalue weighted by atomic mass is 79.9. The Bertz CT molecular complexity index is 466. The Morgan fingerprint density at radius 3 is 2.89 bits per heavy atom. The number of piperidine rings is 1. The van der Waals surface area contributed by atoms with E-state index in [9.17, 15) is 9.18 Å². The monoisotopic (exact) mass is 377 g/mol. The molecule has 0 N–H and O–H groups in total. The highest BCUT2D eigenvalue weighted by Gasteiger charge is 2.28. The van der Waals surface area contributed by atoms with Crippen LogP contribution in [0.25, 0.3) is 0 Å². The van der Waals surface area contributed by atoms with Crippen LogP contribution in [0, 0.1) is 11.7 Å².